The molecule has 19 heavy (non-hydrogen) atoms. The Morgan fingerprint density at radius 2 is 2.16 bits per heavy atom. The first-order valence-corrected chi connectivity index (χ1v) is 7.68. The second kappa shape index (κ2) is 5.00. The van der Waals surface area contributed by atoms with Gasteiger partial charge >= 0.3 is 0 Å². The predicted octanol–water partition coefficient (Wildman–Crippen LogP) is 2.31. The zero-order valence-electron chi connectivity index (χ0n) is 11.0. The van der Waals surface area contributed by atoms with Gasteiger partial charge in [0.25, 0.3) is 0 Å². The van der Waals surface area contributed by atoms with Crippen LogP contribution < -0.4 is 0 Å². The normalized spacial score (nSPS) is 26.4. The quantitative estimate of drug-likeness (QED) is 0.789. The van der Waals surface area contributed by atoms with Gasteiger partial charge in [-0.25, -0.2) is 0 Å². The smallest absolute Gasteiger partial charge is 0.231 e. The zero-order chi connectivity index (χ0) is 13.4. The van der Waals surface area contributed by atoms with Crippen LogP contribution in [0, 0.1) is 5.92 Å². The molecule has 0 spiro atoms. The lowest BCUT2D eigenvalue weighted by molar-refractivity contribution is -0.137. The van der Waals surface area contributed by atoms with E-state index >= 15 is 0 Å². The molecule has 2 heterocycles. The highest BCUT2D eigenvalue weighted by Crippen LogP contribution is 2.40. The number of hydrogen-bond donors (Lipinski definition) is 0. The maximum absolute atomic E-state index is 12.6. The highest BCUT2D eigenvalue weighted by atomic mass is 32.2. The van der Waals surface area contributed by atoms with Gasteiger partial charge in [-0.15, -0.1) is 11.8 Å². The molecular weight excluding hydrogens is 258 g/mol. The van der Waals surface area contributed by atoms with Gasteiger partial charge in [0.15, 0.2) is 0 Å². The van der Waals surface area contributed by atoms with Crippen LogP contribution in [0.1, 0.15) is 24.8 Å². The van der Waals surface area contributed by atoms with Crippen molar-refractivity contribution >= 4 is 23.5 Å². The number of nitrogens with zero attached hydrogens (tertiary/aromatic N) is 1. The number of rotatable bonds is 1. The van der Waals surface area contributed by atoms with Crippen LogP contribution in [-0.4, -0.2) is 35.4 Å². The van der Waals surface area contributed by atoms with E-state index in [4.69, 9.17) is 0 Å². The summed E-state index contributed by atoms with van der Waals surface area (Å²) < 4.78 is 0. The van der Waals surface area contributed by atoms with E-state index in [-0.39, 0.29) is 23.5 Å². The van der Waals surface area contributed by atoms with Gasteiger partial charge in [0, 0.05) is 36.1 Å². The summed E-state index contributed by atoms with van der Waals surface area (Å²) in [4.78, 5) is 27.3. The summed E-state index contributed by atoms with van der Waals surface area (Å²) in [6.45, 7) is 3.09. The lowest BCUT2D eigenvalue weighted by Gasteiger charge is -2.32. The number of benzene rings is 1. The number of likely N-dealkylation sites (tertiary alicyclic amines) is 1. The molecular formula is C15H17NO2S. The summed E-state index contributed by atoms with van der Waals surface area (Å²) >= 11 is 1.76. The minimum Gasteiger partial charge on any atom is -0.341 e. The second-order valence-electron chi connectivity index (χ2n) is 5.30. The lowest BCUT2D eigenvalue weighted by atomic mass is 9.95. The standard InChI is InChI=1S/C15H17NO2S/c1-10-8-16(7-6-13(10)17)15(18)12-9-19-14-5-3-2-4-11(12)14/h2-5,10,12H,6-9H2,1H3. The number of amides is 1. The molecule has 4 heteroatoms. The SMILES string of the molecule is CC1CN(C(=O)C2CSc3ccccc32)CCC1=O. The van der Waals surface area contributed by atoms with Crippen molar-refractivity contribution in [3.8, 4) is 0 Å². The fourth-order valence-corrected chi connectivity index (χ4v) is 4.02. The number of fused-ring (bicyclic) bond motifs is 1. The third-order valence-electron chi connectivity index (χ3n) is 3.98. The maximum Gasteiger partial charge on any atom is 0.231 e. The molecule has 1 amide bonds. The summed E-state index contributed by atoms with van der Waals surface area (Å²) in [5.74, 6) is 1.27. The summed E-state index contributed by atoms with van der Waals surface area (Å²) in [6.07, 6.45) is 0.508. The van der Waals surface area contributed by atoms with Crippen molar-refractivity contribution in [1.82, 2.24) is 4.90 Å². The van der Waals surface area contributed by atoms with Crippen LogP contribution in [0.25, 0.3) is 0 Å². The topological polar surface area (TPSA) is 37.4 Å². The van der Waals surface area contributed by atoms with Crippen LogP contribution in [0.3, 0.4) is 0 Å². The molecule has 0 radical (unpaired) electrons. The van der Waals surface area contributed by atoms with Crippen LogP contribution in [-0.2, 0) is 9.59 Å². The Balaban J connectivity index is 1.77. The molecule has 2 aliphatic rings. The van der Waals surface area contributed by atoms with Gasteiger partial charge in [-0.3, -0.25) is 9.59 Å². The molecule has 0 bridgehead atoms. The Kier molecular flexibility index (Phi) is 3.35. The van der Waals surface area contributed by atoms with Crippen LogP contribution in [0.5, 0.6) is 0 Å². The molecule has 0 aromatic heterocycles. The maximum atomic E-state index is 12.6. The summed E-state index contributed by atoms with van der Waals surface area (Å²) in [5.41, 5.74) is 1.15. The average Bonchev–Trinajstić information content (AvgIpc) is 2.85. The molecule has 0 aliphatic carbocycles. The van der Waals surface area contributed by atoms with E-state index in [1.807, 2.05) is 24.0 Å². The first kappa shape index (κ1) is 12.7. The number of Topliss-reactive ketones (excluding diaryl/α,β-unsaturated/α-hetero) is 1. The lowest BCUT2D eigenvalue weighted by Crippen LogP contribution is -2.45. The highest BCUT2D eigenvalue weighted by molar-refractivity contribution is 7.99. The molecule has 1 aromatic carbocycles. The largest absolute Gasteiger partial charge is 0.341 e. The van der Waals surface area contributed by atoms with Crippen LogP contribution in [0.4, 0.5) is 0 Å². The van der Waals surface area contributed by atoms with Crippen molar-refractivity contribution in [2.24, 2.45) is 5.92 Å². The number of thioether (sulfide) groups is 1. The average molecular weight is 275 g/mol. The Bertz CT molecular complexity index is 529. The number of hydrogen-bond acceptors (Lipinski definition) is 3. The second-order valence-corrected chi connectivity index (χ2v) is 6.36. The molecule has 1 aromatic rings. The molecule has 1 fully saturated rings. The molecule has 2 aliphatic heterocycles. The number of ketones is 1. The van der Waals surface area contributed by atoms with Gasteiger partial charge in [-0.2, -0.15) is 0 Å². The first-order valence-electron chi connectivity index (χ1n) is 6.70. The van der Waals surface area contributed by atoms with Gasteiger partial charge in [0.05, 0.1) is 5.92 Å². The minimum absolute atomic E-state index is 0.0120. The number of carbonyl (C=O) groups excluding carboxylic acids is 2. The van der Waals surface area contributed by atoms with Crippen LogP contribution in [0.15, 0.2) is 29.2 Å². The summed E-state index contributed by atoms with van der Waals surface area (Å²) in [5, 5.41) is 0. The Morgan fingerprint density at radius 1 is 1.37 bits per heavy atom. The molecule has 0 N–H and O–H groups in total. The van der Waals surface area contributed by atoms with Crippen molar-refractivity contribution in [3.05, 3.63) is 29.8 Å². The van der Waals surface area contributed by atoms with Crippen molar-refractivity contribution < 1.29 is 9.59 Å². The molecule has 1 saturated heterocycles. The third-order valence-corrected chi connectivity index (χ3v) is 5.16. The molecule has 100 valence electrons. The first-order chi connectivity index (χ1) is 9.16. The van der Waals surface area contributed by atoms with E-state index in [1.165, 1.54) is 4.90 Å². The van der Waals surface area contributed by atoms with E-state index in [0.29, 0.717) is 19.5 Å². The van der Waals surface area contributed by atoms with E-state index in [9.17, 15) is 9.59 Å². The molecule has 3 rings (SSSR count). The number of piperidine rings is 1. The van der Waals surface area contributed by atoms with Crippen LogP contribution >= 0.6 is 11.8 Å². The van der Waals surface area contributed by atoms with E-state index in [2.05, 4.69) is 12.1 Å². The van der Waals surface area contributed by atoms with Crippen LogP contribution in [0.2, 0.25) is 0 Å². The van der Waals surface area contributed by atoms with Crippen molar-refractivity contribution in [2.45, 2.75) is 24.2 Å². The molecule has 0 saturated carbocycles. The van der Waals surface area contributed by atoms with Gasteiger partial charge < -0.3 is 4.90 Å². The monoisotopic (exact) mass is 275 g/mol. The van der Waals surface area contributed by atoms with E-state index in [1.54, 1.807) is 11.8 Å². The summed E-state index contributed by atoms with van der Waals surface area (Å²) in [7, 11) is 0. The van der Waals surface area contributed by atoms with Gasteiger partial charge in [-0.1, -0.05) is 25.1 Å². The highest BCUT2D eigenvalue weighted by Gasteiger charge is 2.35. The molecule has 2 atom stereocenters. The predicted molar refractivity (Wildman–Crippen MR) is 75.3 cm³/mol. The van der Waals surface area contributed by atoms with Gasteiger partial charge in [0.2, 0.25) is 5.91 Å². The van der Waals surface area contributed by atoms with Crippen molar-refractivity contribution in [3.63, 3.8) is 0 Å². The Hall–Kier alpha value is -1.29. The van der Waals surface area contributed by atoms with E-state index in [0.717, 1.165) is 11.3 Å². The minimum atomic E-state index is -0.0263. The van der Waals surface area contributed by atoms with E-state index < -0.39 is 0 Å². The fourth-order valence-electron chi connectivity index (χ4n) is 2.80. The Labute approximate surface area is 117 Å². The van der Waals surface area contributed by atoms with Gasteiger partial charge in [0.1, 0.15) is 5.78 Å². The van der Waals surface area contributed by atoms with Gasteiger partial charge in [-0.05, 0) is 11.6 Å². The summed E-state index contributed by atoms with van der Waals surface area (Å²) in [6, 6.07) is 8.14. The van der Waals surface area contributed by atoms with Crippen molar-refractivity contribution in [1.29, 1.82) is 0 Å². The fraction of sp³-hybridized carbons (Fsp3) is 0.467. The zero-order valence-corrected chi connectivity index (χ0v) is 11.8. The third kappa shape index (κ3) is 2.29. The van der Waals surface area contributed by atoms with Crippen molar-refractivity contribution in [2.75, 3.05) is 18.8 Å². The molecule has 2 unspecified atom stereocenters. The Morgan fingerprint density at radius 3 is 2.95 bits per heavy atom. The molecule has 3 nitrogen and oxygen atoms in total. The number of carbonyl (C=O) groups is 2.